The van der Waals surface area contributed by atoms with Crippen LogP contribution < -0.4 is 15.2 Å². The first-order valence-electron chi connectivity index (χ1n) is 5.06. The number of halogens is 3. The van der Waals surface area contributed by atoms with E-state index in [0.717, 1.165) is 6.07 Å². The molecule has 2 aromatic rings. The summed E-state index contributed by atoms with van der Waals surface area (Å²) >= 11 is 0. The van der Waals surface area contributed by atoms with Crippen LogP contribution in [0.3, 0.4) is 0 Å². The minimum atomic E-state index is -4.80. The largest absolute Gasteiger partial charge is 0.573 e. The van der Waals surface area contributed by atoms with Crippen molar-refractivity contribution in [1.82, 2.24) is 10.2 Å². The van der Waals surface area contributed by atoms with E-state index in [4.69, 9.17) is 10.5 Å². The topological polar surface area (TPSA) is 70.3 Å². The van der Waals surface area contributed by atoms with Crippen LogP contribution in [-0.4, -0.2) is 16.6 Å². The zero-order chi connectivity index (χ0) is 13.9. The number of rotatable bonds is 3. The summed E-state index contributed by atoms with van der Waals surface area (Å²) in [6.07, 6.45) is -4.80. The van der Waals surface area contributed by atoms with Crippen LogP contribution in [0.15, 0.2) is 36.4 Å². The van der Waals surface area contributed by atoms with Crippen molar-refractivity contribution in [3.05, 3.63) is 36.4 Å². The average molecular weight is 271 g/mol. The second kappa shape index (κ2) is 5.01. The third-order valence-corrected chi connectivity index (χ3v) is 1.95. The zero-order valence-corrected chi connectivity index (χ0v) is 9.39. The molecule has 0 bridgehead atoms. The van der Waals surface area contributed by atoms with Crippen LogP contribution in [0.4, 0.5) is 19.0 Å². The normalized spacial score (nSPS) is 11.1. The minimum Gasteiger partial charge on any atom is -0.434 e. The summed E-state index contributed by atoms with van der Waals surface area (Å²) in [5, 5.41) is 7.10. The maximum atomic E-state index is 12.2. The number of alkyl halides is 3. The average Bonchev–Trinajstić information content (AvgIpc) is 2.33. The first kappa shape index (κ1) is 12.9. The van der Waals surface area contributed by atoms with Crippen LogP contribution in [-0.2, 0) is 0 Å². The number of benzene rings is 1. The quantitative estimate of drug-likeness (QED) is 0.929. The molecule has 0 spiro atoms. The molecule has 100 valence electrons. The molecule has 0 atom stereocenters. The number of nitrogens with two attached hydrogens (primary N) is 1. The standard InChI is InChI=1S/C11H8F3N3O2/c12-11(13,14)19-8-4-2-1-3-7(8)18-10-6-5-9(15)16-17-10/h1-6H,(H2,15,16). The Morgan fingerprint density at radius 1 is 0.947 bits per heavy atom. The van der Waals surface area contributed by atoms with Gasteiger partial charge in [-0.2, -0.15) is 0 Å². The molecular weight excluding hydrogens is 263 g/mol. The van der Waals surface area contributed by atoms with Crippen molar-refractivity contribution in [2.24, 2.45) is 0 Å². The lowest BCUT2D eigenvalue weighted by Crippen LogP contribution is -2.17. The van der Waals surface area contributed by atoms with Gasteiger partial charge in [-0.25, -0.2) is 0 Å². The van der Waals surface area contributed by atoms with Crippen LogP contribution in [0.5, 0.6) is 17.4 Å². The van der Waals surface area contributed by atoms with Gasteiger partial charge in [0.2, 0.25) is 5.88 Å². The van der Waals surface area contributed by atoms with Crippen LogP contribution in [0.1, 0.15) is 0 Å². The fourth-order valence-electron chi connectivity index (χ4n) is 1.24. The number of nitrogens with zero attached hydrogens (tertiary/aromatic N) is 2. The molecule has 0 radical (unpaired) electrons. The third kappa shape index (κ3) is 3.73. The molecule has 2 N–H and O–H groups in total. The number of aromatic nitrogens is 2. The van der Waals surface area contributed by atoms with Crippen LogP contribution >= 0.6 is 0 Å². The first-order valence-corrected chi connectivity index (χ1v) is 5.06. The van der Waals surface area contributed by atoms with Gasteiger partial charge in [-0.15, -0.1) is 23.4 Å². The Hall–Kier alpha value is -2.51. The van der Waals surface area contributed by atoms with Gasteiger partial charge in [0.05, 0.1) is 0 Å². The highest BCUT2D eigenvalue weighted by Crippen LogP contribution is 2.34. The Morgan fingerprint density at radius 3 is 2.21 bits per heavy atom. The molecule has 1 aromatic heterocycles. The van der Waals surface area contributed by atoms with E-state index >= 15 is 0 Å². The lowest BCUT2D eigenvalue weighted by atomic mass is 10.3. The number of anilines is 1. The number of ether oxygens (including phenoxy) is 2. The highest BCUT2D eigenvalue weighted by Gasteiger charge is 2.32. The van der Waals surface area contributed by atoms with Crippen molar-refractivity contribution in [2.45, 2.75) is 6.36 Å². The zero-order valence-electron chi connectivity index (χ0n) is 9.39. The predicted octanol–water partition coefficient (Wildman–Crippen LogP) is 2.75. The summed E-state index contributed by atoms with van der Waals surface area (Å²) in [6.45, 7) is 0. The number of hydrogen-bond acceptors (Lipinski definition) is 5. The van der Waals surface area contributed by atoms with E-state index in [1.54, 1.807) is 0 Å². The number of nitrogen functional groups attached to an aromatic ring is 1. The van der Waals surface area contributed by atoms with Gasteiger partial charge in [-0.3, -0.25) is 0 Å². The Balaban J connectivity index is 2.22. The fraction of sp³-hybridized carbons (Fsp3) is 0.0909. The van der Waals surface area contributed by atoms with Gasteiger partial charge in [-0.1, -0.05) is 12.1 Å². The molecule has 2 rings (SSSR count). The molecule has 0 unspecified atom stereocenters. The summed E-state index contributed by atoms with van der Waals surface area (Å²) in [4.78, 5) is 0. The second-order valence-electron chi connectivity index (χ2n) is 3.39. The van der Waals surface area contributed by atoms with Gasteiger partial charge in [0, 0.05) is 6.07 Å². The van der Waals surface area contributed by atoms with Gasteiger partial charge in [0.25, 0.3) is 0 Å². The highest BCUT2D eigenvalue weighted by atomic mass is 19.4. The molecule has 5 nitrogen and oxygen atoms in total. The molecular formula is C11H8F3N3O2. The van der Waals surface area contributed by atoms with Crippen molar-refractivity contribution in [3.8, 4) is 17.4 Å². The number of para-hydroxylation sites is 2. The molecule has 0 fully saturated rings. The summed E-state index contributed by atoms with van der Waals surface area (Å²) in [6, 6.07) is 8.14. The van der Waals surface area contributed by atoms with E-state index in [9.17, 15) is 13.2 Å². The van der Waals surface area contributed by atoms with E-state index in [1.807, 2.05) is 0 Å². The summed E-state index contributed by atoms with van der Waals surface area (Å²) < 4.78 is 45.6. The predicted molar refractivity (Wildman–Crippen MR) is 59.6 cm³/mol. The van der Waals surface area contributed by atoms with Gasteiger partial charge in [0.1, 0.15) is 5.82 Å². The maximum Gasteiger partial charge on any atom is 0.573 e. The maximum absolute atomic E-state index is 12.2. The lowest BCUT2D eigenvalue weighted by molar-refractivity contribution is -0.275. The van der Waals surface area contributed by atoms with E-state index in [1.165, 1.54) is 30.3 Å². The second-order valence-corrected chi connectivity index (χ2v) is 3.39. The molecule has 0 saturated carbocycles. The van der Waals surface area contributed by atoms with Crippen molar-refractivity contribution < 1.29 is 22.6 Å². The van der Waals surface area contributed by atoms with E-state index in [-0.39, 0.29) is 17.4 Å². The summed E-state index contributed by atoms with van der Waals surface area (Å²) in [5.74, 6) is -0.410. The Bertz CT molecular complexity index is 558. The Labute approximate surface area is 105 Å². The number of hydrogen-bond donors (Lipinski definition) is 1. The minimum absolute atomic E-state index is 0.00687. The van der Waals surface area contributed by atoms with Gasteiger partial charge in [0.15, 0.2) is 11.5 Å². The SMILES string of the molecule is Nc1ccc(Oc2ccccc2OC(F)(F)F)nn1. The Morgan fingerprint density at radius 2 is 1.63 bits per heavy atom. The molecule has 0 aliphatic rings. The fourth-order valence-corrected chi connectivity index (χ4v) is 1.24. The molecule has 0 aliphatic heterocycles. The van der Waals surface area contributed by atoms with Crippen LogP contribution in [0, 0.1) is 0 Å². The summed E-state index contributed by atoms with van der Waals surface area (Å²) in [5.41, 5.74) is 5.33. The molecule has 1 heterocycles. The van der Waals surface area contributed by atoms with Crippen molar-refractivity contribution in [3.63, 3.8) is 0 Å². The van der Waals surface area contributed by atoms with E-state index in [0.29, 0.717) is 0 Å². The van der Waals surface area contributed by atoms with Crippen molar-refractivity contribution in [1.29, 1.82) is 0 Å². The lowest BCUT2D eigenvalue weighted by Gasteiger charge is -2.12. The molecule has 19 heavy (non-hydrogen) atoms. The molecule has 0 amide bonds. The first-order chi connectivity index (χ1) is 8.94. The van der Waals surface area contributed by atoms with Crippen LogP contribution in [0.25, 0.3) is 0 Å². The smallest absolute Gasteiger partial charge is 0.434 e. The monoisotopic (exact) mass is 271 g/mol. The van der Waals surface area contributed by atoms with E-state index in [2.05, 4.69) is 14.9 Å². The molecule has 1 aromatic carbocycles. The van der Waals surface area contributed by atoms with Crippen LogP contribution in [0.2, 0.25) is 0 Å². The van der Waals surface area contributed by atoms with Crippen molar-refractivity contribution in [2.75, 3.05) is 5.73 Å². The highest BCUT2D eigenvalue weighted by molar-refractivity contribution is 5.42. The molecule has 8 heteroatoms. The van der Waals surface area contributed by atoms with Gasteiger partial charge in [-0.05, 0) is 18.2 Å². The molecule has 0 aliphatic carbocycles. The third-order valence-electron chi connectivity index (χ3n) is 1.95. The Kier molecular flexibility index (Phi) is 3.41. The van der Waals surface area contributed by atoms with E-state index < -0.39 is 12.1 Å². The van der Waals surface area contributed by atoms with Gasteiger partial charge < -0.3 is 15.2 Å². The van der Waals surface area contributed by atoms with Crippen molar-refractivity contribution >= 4 is 5.82 Å². The van der Waals surface area contributed by atoms with Gasteiger partial charge >= 0.3 is 6.36 Å². The molecule has 0 saturated heterocycles. The summed E-state index contributed by atoms with van der Waals surface area (Å²) in [7, 11) is 0.